The summed E-state index contributed by atoms with van der Waals surface area (Å²) in [4.78, 5) is 13.4. The van der Waals surface area contributed by atoms with E-state index in [0.29, 0.717) is 25.1 Å². The van der Waals surface area contributed by atoms with E-state index in [1.165, 1.54) is 6.42 Å². The minimum atomic E-state index is -0.0940. The summed E-state index contributed by atoms with van der Waals surface area (Å²) in [6.45, 7) is 3.81. The molecule has 1 fully saturated rings. The number of carbonyl (C=O) groups is 1. The maximum atomic E-state index is 11.2. The lowest BCUT2D eigenvalue weighted by Crippen LogP contribution is -2.35. The quantitative estimate of drug-likeness (QED) is 0.476. The summed E-state index contributed by atoms with van der Waals surface area (Å²) in [5.41, 5.74) is 0. The summed E-state index contributed by atoms with van der Waals surface area (Å²) in [5.74, 6) is 0.586. The van der Waals surface area contributed by atoms with E-state index in [1.54, 1.807) is 0 Å². The van der Waals surface area contributed by atoms with Crippen molar-refractivity contribution in [3.05, 3.63) is 12.2 Å². The fourth-order valence-corrected chi connectivity index (χ4v) is 2.15. The van der Waals surface area contributed by atoms with Crippen LogP contribution in [0, 0.1) is 5.92 Å². The lowest BCUT2D eigenvalue weighted by atomic mass is 10.2. The van der Waals surface area contributed by atoms with Crippen LogP contribution in [0.2, 0.25) is 0 Å². The van der Waals surface area contributed by atoms with Gasteiger partial charge >= 0.3 is 5.97 Å². The van der Waals surface area contributed by atoms with Gasteiger partial charge in [-0.3, -0.25) is 9.69 Å². The predicted octanol–water partition coefficient (Wildman–Crippen LogP) is 0.810. The molecule has 0 amide bonds. The molecule has 2 aliphatic rings. The van der Waals surface area contributed by atoms with Gasteiger partial charge in [-0.25, -0.2) is 0 Å². The standard InChI is InChI=1S/C10H15NO2/c1-2-13-10(12)7-11-6-8-3-4-9(11)5-8/h3-4,8-9H,2,5-7H2,1H3/t8-,9+/m1/s1. The number of likely N-dealkylation sites (tertiary alicyclic amines) is 1. The van der Waals surface area contributed by atoms with Crippen molar-refractivity contribution >= 4 is 5.97 Å². The predicted molar refractivity (Wildman–Crippen MR) is 49.2 cm³/mol. The van der Waals surface area contributed by atoms with Crippen LogP contribution in [0.4, 0.5) is 0 Å². The van der Waals surface area contributed by atoms with Crippen LogP contribution in [0.25, 0.3) is 0 Å². The zero-order valence-electron chi connectivity index (χ0n) is 7.90. The van der Waals surface area contributed by atoms with Crippen molar-refractivity contribution in [3.8, 4) is 0 Å². The van der Waals surface area contributed by atoms with Gasteiger partial charge in [-0.05, 0) is 19.3 Å². The summed E-state index contributed by atoms with van der Waals surface area (Å²) >= 11 is 0. The van der Waals surface area contributed by atoms with Crippen LogP contribution in [0.15, 0.2) is 12.2 Å². The molecule has 72 valence electrons. The van der Waals surface area contributed by atoms with Crippen molar-refractivity contribution in [2.45, 2.75) is 19.4 Å². The number of rotatable bonds is 3. The Bertz CT molecular complexity index is 237. The molecule has 2 bridgehead atoms. The SMILES string of the molecule is CCOC(=O)CN1C[C@@H]2C=C[C@H]1C2. The largest absolute Gasteiger partial charge is 0.465 e. The van der Waals surface area contributed by atoms with Crippen LogP contribution in [0.3, 0.4) is 0 Å². The molecule has 3 heteroatoms. The molecule has 1 saturated heterocycles. The average Bonchev–Trinajstić information content (AvgIpc) is 2.65. The second-order valence-electron chi connectivity index (χ2n) is 3.68. The van der Waals surface area contributed by atoms with E-state index < -0.39 is 0 Å². The van der Waals surface area contributed by atoms with E-state index in [-0.39, 0.29) is 5.97 Å². The van der Waals surface area contributed by atoms with Gasteiger partial charge in [0.15, 0.2) is 0 Å². The van der Waals surface area contributed by atoms with Gasteiger partial charge in [0, 0.05) is 12.6 Å². The summed E-state index contributed by atoms with van der Waals surface area (Å²) < 4.78 is 4.91. The van der Waals surface area contributed by atoms with Crippen LogP contribution < -0.4 is 0 Å². The molecule has 2 atom stereocenters. The first kappa shape index (κ1) is 8.75. The zero-order chi connectivity index (χ0) is 9.26. The summed E-state index contributed by atoms with van der Waals surface area (Å²) in [5, 5.41) is 0. The fourth-order valence-electron chi connectivity index (χ4n) is 2.15. The molecule has 0 saturated carbocycles. The van der Waals surface area contributed by atoms with Crippen molar-refractivity contribution in [3.63, 3.8) is 0 Å². The number of nitrogens with zero attached hydrogens (tertiary/aromatic N) is 1. The Balaban J connectivity index is 1.83. The van der Waals surface area contributed by atoms with Gasteiger partial charge in [0.05, 0.1) is 13.2 Å². The van der Waals surface area contributed by atoms with E-state index >= 15 is 0 Å². The molecule has 0 N–H and O–H groups in total. The lowest BCUT2D eigenvalue weighted by Gasteiger charge is -2.21. The van der Waals surface area contributed by atoms with Crippen molar-refractivity contribution in [1.82, 2.24) is 4.90 Å². The molecule has 1 aliphatic carbocycles. The Morgan fingerprint density at radius 3 is 3.00 bits per heavy atom. The summed E-state index contributed by atoms with van der Waals surface area (Å²) in [6, 6.07) is 0.495. The van der Waals surface area contributed by atoms with Crippen LogP contribution in [0.5, 0.6) is 0 Å². The molecule has 0 aromatic rings. The molecule has 0 unspecified atom stereocenters. The van der Waals surface area contributed by atoms with Crippen LogP contribution in [-0.2, 0) is 9.53 Å². The number of fused-ring (bicyclic) bond motifs is 2. The molecule has 1 aliphatic heterocycles. The van der Waals surface area contributed by atoms with Gasteiger partial charge in [-0.1, -0.05) is 12.2 Å². The first-order valence-electron chi connectivity index (χ1n) is 4.87. The Morgan fingerprint density at radius 2 is 2.46 bits per heavy atom. The zero-order valence-corrected chi connectivity index (χ0v) is 7.90. The second-order valence-corrected chi connectivity index (χ2v) is 3.68. The smallest absolute Gasteiger partial charge is 0.320 e. The molecule has 13 heavy (non-hydrogen) atoms. The Morgan fingerprint density at radius 1 is 1.62 bits per heavy atom. The van der Waals surface area contributed by atoms with E-state index in [4.69, 9.17) is 4.74 Å². The van der Waals surface area contributed by atoms with Gasteiger partial charge in [-0.2, -0.15) is 0 Å². The maximum absolute atomic E-state index is 11.2. The third-order valence-electron chi connectivity index (χ3n) is 2.73. The number of hydrogen-bond donors (Lipinski definition) is 0. The van der Waals surface area contributed by atoms with Crippen LogP contribution >= 0.6 is 0 Å². The first-order chi connectivity index (χ1) is 6.29. The molecule has 2 rings (SSSR count). The van der Waals surface area contributed by atoms with Crippen molar-refractivity contribution in [2.24, 2.45) is 5.92 Å². The highest BCUT2D eigenvalue weighted by Crippen LogP contribution is 2.30. The molecule has 0 aromatic carbocycles. The number of hydrogen-bond acceptors (Lipinski definition) is 3. The number of carbonyl (C=O) groups excluding carboxylic acids is 1. The van der Waals surface area contributed by atoms with E-state index in [2.05, 4.69) is 17.1 Å². The van der Waals surface area contributed by atoms with E-state index in [1.807, 2.05) is 6.92 Å². The average molecular weight is 181 g/mol. The molecule has 0 spiro atoms. The molecular weight excluding hydrogens is 166 g/mol. The van der Waals surface area contributed by atoms with Gasteiger partial charge in [-0.15, -0.1) is 0 Å². The highest BCUT2D eigenvalue weighted by atomic mass is 16.5. The molecule has 0 aromatic heterocycles. The van der Waals surface area contributed by atoms with Crippen molar-refractivity contribution in [1.29, 1.82) is 0 Å². The van der Waals surface area contributed by atoms with Crippen LogP contribution in [0.1, 0.15) is 13.3 Å². The topological polar surface area (TPSA) is 29.5 Å². The number of esters is 1. The third kappa shape index (κ3) is 1.75. The summed E-state index contributed by atoms with van der Waals surface area (Å²) in [6.07, 6.45) is 5.65. The Labute approximate surface area is 78.4 Å². The van der Waals surface area contributed by atoms with Crippen molar-refractivity contribution < 1.29 is 9.53 Å². The second kappa shape index (κ2) is 3.50. The van der Waals surface area contributed by atoms with E-state index in [9.17, 15) is 4.79 Å². The fraction of sp³-hybridized carbons (Fsp3) is 0.700. The first-order valence-corrected chi connectivity index (χ1v) is 4.87. The summed E-state index contributed by atoms with van der Waals surface area (Å²) in [7, 11) is 0. The van der Waals surface area contributed by atoms with Crippen molar-refractivity contribution in [2.75, 3.05) is 19.7 Å². The highest BCUT2D eigenvalue weighted by molar-refractivity contribution is 5.71. The number of ether oxygens (including phenoxy) is 1. The molecule has 0 radical (unpaired) electrons. The van der Waals surface area contributed by atoms with Gasteiger partial charge in [0.25, 0.3) is 0 Å². The van der Waals surface area contributed by atoms with Gasteiger partial charge < -0.3 is 4.74 Å². The lowest BCUT2D eigenvalue weighted by molar-refractivity contribution is -0.144. The minimum absolute atomic E-state index is 0.0940. The van der Waals surface area contributed by atoms with E-state index in [0.717, 1.165) is 6.54 Å². The monoisotopic (exact) mass is 181 g/mol. The molecular formula is C10H15NO2. The van der Waals surface area contributed by atoms with Gasteiger partial charge in [0.2, 0.25) is 0 Å². The molecule has 3 nitrogen and oxygen atoms in total. The third-order valence-corrected chi connectivity index (χ3v) is 2.73. The van der Waals surface area contributed by atoms with Gasteiger partial charge in [0.1, 0.15) is 0 Å². The normalized spacial score (nSPS) is 31.2. The maximum Gasteiger partial charge on any atom is 0.320 e. The Kier molecular flexibility index (Phi) is 2.36. The van der Waals surface area contributed by atoms with Crippen LogP contribution in [-0.4, -0.2) is 36.6 Å². The minimum Gasteiger partial charge on any atom is -0.465 e. The Hall–Kier alpha value is -0.830. The molecule has 1 heterocycles. The highest BCUT2D eigenvalue weighted by Gasteiger charge is 2.34.